The van der Waals surface area contributed by atoms with Crippen molar-refractivity contribution in [1.82, 2.24) is 14.8 Å². The van der Waals surface area contributed by atoms with Gasteiger partial charge in [-0.3, -0.25) is 9.69 Å². The van der Waals surface area contributed by atoms with E-state index >= 15 is 0 Å². The Kier molecular flexibility index (Phi) is 5.20. The molecule has 0 atom stereocenters. The van der Waals surface area contributed by atoms with Gasteiger partial charge in [0.25, 0.3) is 0 Å². The van der Waals surface area contributed by atoms with Gasteiger partial charge >= 0.3 is 0 Å². The zero-order valence-electron chi connectivity index (χ0n) is 13.3. The topological polar surface area (TPSA) is 36.4 Å². The van der Waals surface area contributed by atoms with E-state index in [2.05, 4.69) is 15.3 Å². The fraction of sp³-hybridized carbons (Fsp3) is 0.333. The summed E-state index contributed by atoms with van der Waals surface area (Å²) < 4.78 is 0. The number of amides is 1. The Morgan fingerprint density at radius 2 is 1.96 bits per heavy atom. The smallest absolute Gasteiger partial charge is 0.246 e. The van der Waals surface area contributed by atoms with Crippen LogP contribution in [0.2, 0.25) is 0 Å². The number of aromatic nitrogens is 1. The van der Waals surface area contributed by atoms with E-state index in [9.17, 15) is 4.79 Å². The first kappa shape index (κ1) is 15.9. The molecule has 0 bridgehead atoms. The zero-order valence-corrected chi connectivity index (χ0v) is 14.1. The molecule has 1 saturated heterocycles. The Morgan fingerprint density at radius 1 is 1.22 bits per heavy atom. The Bertz CT molecular complexity index is 673. The maximum atomic E-state index is 12.2. The van der Waals surface area contributed by atoms with Crippen LogP contribution in [0.3, 0.4) is 0 Å². The second-order valence-electron chi connectivity index (χ2n) is 5.70. The molecule has 1 aromatic carbocycles. The molecule has 0 spiro atoms. The third-order valence-electron chi connectivity index (χ3n) is 3.95. The highest BCUT2D eigenvalue weighted by atomic mass is 32.1. The Hall–Kier alpha value is -1.98. The molecule has 1 fully saturated rings. The molecule has 1 aromatic heterocycles. The fourth-order valence-corrected chi connectivity index (χ4v) is 3.28. The normalized spacial score (nSPS) is 16.1. The Morgan fingerprint density at radius 3 is 2.61 bits per heavy atom. The molecule has 120 valence electrons. The highest BCUT2D eigenvalue weighted by Gasteiger charge is 2.20. The van der Waals surface area contributed by atoms with Crippen molar-refractivity contribution in [1.29, 1.82) is 0 Å². The number of carbonyl (C=O) groups excluding carboxylic acids is 1. The highest BCUT2D eigenvalue weighted by molar-refractivity contribution is 7.09. The van der Waals surface area contributed by atoms with Crippen molar-refractivity contribution < 1.29 is 4.79 Å². The number of carbonyl (C=O) groups is 1. The minimum atomic E-state index is 0.0954. The van der Waals surface area contributed by atoms with Gasteiger partial charge in [0, 0.05) is 44.2 Å². The standard InChI is InChI=1S/C18H21N3OS/c1-15-19-17(14-23-15)13-20-9-11-21(12-10-20)18(22)8-7-16-5-3-2-4-6-16/h2-8,14H,9-13H2,1H3. The number of thiazole rings is 1. The molecular formula is C18H21N3OS. The second-order valence-corrected chi connectivity index (χ2v) is 6.77. The van der Waals surface area contributed by atoms with Crippen LogP contribution in [0.4, 0.5) is 0 Å². The third-order valence-corrected chi connectivity index (χ3v) is 4.78. The van der Waals surface area contributed by atoms with E-state index < -0.39 is 0 Å². The monoisotopic (exact) mass is 327 g/mol. The van der Waals surface area contributed by atoms with Crippen molar-refractivity contribution >= 4 is 23.3 Å². The average molecular weight is 327 g/mol. The minimum Gasteiger partial charge on any atom is -0.337 e. The van der Waals surface area contributed by atoms with Crippen LogP contribution in [0.15, 0.2) is 41.8 Å². The van der Waals surface area contributed by atoms with Gasteiger partial charge in [-0.25, -0.2) is 4.98 Å². The fourth-order valence-electron chi connectivity index (χ4n) is 2.67. The van der Waals surface area contributed by atoms with Crippen molar-refractivity contribution in [3.05, 3.63) is 58.1 Å². The molecule has 4 nitrogen and oxygen atoms in total. The second kappa shape index (κ2) is 7.53. The molecule has 3 rings (SSSR count). The van der Waals surface area contributed by atoms with Crippen molar-refractivity contribution in [2.45, 2.75) is 13.5 Å². The molecule has 1 aliphatic heterocycles. The van der Waals surface area contributed by atoms with E-state index in [-0.39, 0.29) is 5.91 Å². The zero-order chi connectivity index (χ0) is 16.1. The van der Waals surface area contributed by atoms with Gasteiger partial charge in [0.1, 0.15) is 0 Å². The first-order valence-corrected chi connectivity index (χ1v) is 8.74. The first-order chi connectivity index (χ1) is 11.2. The summed E-state index contributed by atoms with van der Waals surface area (Å²) in [6.07, 6.45) is 3.56. The lowest BCUT2D eigenvalue weighted by molar-refractivity contribution is -0.127. The van der Waals surface area contributed by atoms with Gasteiger partial charge in [0.2, 0.25) is 5.91 Å². The molecule has 1 aliphatic rings. The maximum Gasteiger partial charge on any atom is 0.246 e. The number of hydrogen-bond donors (Lipinski definition) is 0. The van der Waals surface area contributed by atoms with Gasteiger partial charge in [0.05, 0.1) is 10.7 Å². The van der Waals surface area contributed by atoms with Crippen LogP contribution in [0.1, 0.15) is 16.3 Å². The summed E-state index contributed by atoms with van der Waals surface area (Å²) in [6, 6.07) is 9.92. The molecule has 23 heavy (non-hydrogen) atoms. The van der Waals surface area contributed by atoms with E-state index in [1.807, 2.05) is 48.2 Å². The van der Waals surface area contributed by atoms with Gasteiger partial charge < -0.3 is 4.90 Å². The van der Waals surface area contributed by atoms with Crippen molar-refractivity contribution in [2.24, 2.45) is 0 Å². The maximum absolute atomic E-state index is 12.2. The van der Waals surface area contributed by atoms with Crippen molar-refractivity contribution in [3.8, 4) is 0 Å². The van der Waals surface area contributed by atoms with Crippen LogP contribution < -0.4 is 0 Å². The number of piperazine rings is 1. The summed E-state index contributed by atoms with van der Waals surface area (Å²) in [5.74, 6) is 0.0954. The molecule has 0 radical (unpaired) electrons. The van der Waals surface area contributed by atoms with Gasteiger partial charge in [-0.05, 0) is 18.6 Å². The van der Waals surface area contributed by atoms with E-state index in [1.165, 1.54) is 0 Å². The summed E-state index contributed by atoms with van der Waals surface area (Å²) in [6.45, 7) is 6.28. The van der Waals surface area contributed by atoms with E-state index in [1.54, 1.807) is 17.4 Å². The van der Waals surface area contributed by atoms with Gasteiger partial charge in [0.15, 0.2) is 0 Å². The van der Waals surface area contributed by atoms with Crippen LogP contribution in [0.25, 0.3) is 6.08 Å². The van der Waals surface area contributed by atoms with E-state index in [0.29, 0.717) is 0 Å². The average Bonchev–Trinajstić information content (AvgIpc) is 2.99. The molecular weight excluding hydrogens is 306 g/mol. The van der Waals surface area contributed by atoms with Crippen molar-refractivity contribution in [3.63, 3.8) is 0 Å². The lowest BCUT2D eigenvalue weighted by Gasteiger charge is -2.33. The number of aryl methyl sites for hydroxylation is 1. The number of hydrogen-bond acceptors (Lipinski definition) is 4. The predicted molar refractivity (Wildman–Crippen MR) is 94.2 cm³/mol. The quantitative estimate of drug-likeness (QED) is 0.810. The molecule has 0 unspecified atom stereocenters. The molecule has 2 heterocycles. The summed E-state index contributed by atoms with van der Waals surface area (Å²) >= 11 is 1.69. The Labute approximate surface area is 141 Å². The van der Waals surface area contributed by atoms with E-state index in [4.69, 9.17) is 0 Å². The summed E-state index contributed by atoms with van der Waals surface area (Å²) in [7, 11) is 0. The number of rotatable bonds is 4. The van der Waals surface area contributed by atoms with Gasteiger partial charge in [-0.15, -0.1) is 11.3 Å². The Balaban J connectivity index is 1.48. The minimum absolute atomic E-state index is 0.0954. The summed E-state index contributed by atoms with van der Waals surface area (Å²) in [5, 5.41) is 3.23. The SMILES string of the molecule is Cc1nc(CN2CCN(C(=O)C=Cc3ccccc3)CC2)cs1. The van der Waals surface area contributed by atoms with Gasteiger partial charge in [-0.2, -0.15) is 0 Å². The summed E-state index contributed by atoms with van der Waals surface area (Å²) in [4.78, 5) is 21.0. The van der Waals surface area contributed by atoms with Crippen LogP contribution in [-0.2, 0) is 11.3 Å². The van der Waals surface area contributed by atoms with Crippen molar-refractivity contribution in [2.75, 3.05) is 26.2 Å². The van der Waals surface area contributed by atoms with Crippen LogP contribution in [0, 0.1) is 6.92 Å². The largest absolute Gasteiger partial charge is 0.337 e. The molecule has 0 aliphatic carbocycles. The number of benzene rings is 1. The lowest BCUT2D eigenvalue weighted by atomic mass is 10.2. The molecule has 2 aromatic rings. The molecule has 0 N–H and O–H groups in total. The van der Waals surface area contributed by atoms with Crippen LogP contribution in [-0.4, -0.2) is 46.9 Å². The van der Waals surface area contributed by atoms with Crippen LogP contribution >= 0.6 is 11.3 Å². The highest BCUT2D eigenvalue weighted by Crippen LogP contribution is 2.12. The molecule has 0 saturated carbocycles. The van der Waals surface area contributed by atoms with Crippen LogP contribution in [0.5, 0.6) is 0 Å². The number of nitrogens with zero attached hydrogens (tertiary/aromatic N) is 3. The predicted octanol–water partition coefficient (Wildman–Crippen LogP) is 2.81. The van der Waals surface area contributed by atoms with Gasteiger partial charge in [-0.1, -0.05) is 30.3 Å². The molecule has 5 heteroatoms. The third kappa shape index (κ3) is 4.50. The first-order valence-electron chi connectivity index (χ1n) is 7.86. The van der Waals surface area contributed by atoms with E-state index in [0.717, 1.165) is 49.0 Å². The summed E-state index contributed by atoms with van der Waals surface area (Å²) in [5.41, 5.74) is 2.19. The molecule has 1 amide bonds. The lowest BCUT2D eigenvalue weighted by Crippen LogP contribution is -2.47.